The van der Waals surface area contributed by atoms with Crippen molar-refractivity contribution in [3.63, 3.8) is 0 Å². The molecule has 136 valence electrons. The quantitative estimate of drug-likeness (QED) is 0.598. The van der Waals surface area contributed by atoms with Crippen molar-refractivity contribution in [3.05, 3.63) is 77.6 Å². The standard InChI is InChI=1S/C22H28N4/c1-4-5-14-20-24-25-21(22(2,3)19-13-9-10-16-23-19)26(20)17-15-18-11-7-6-8-12-18/h6-13,16H,4-5,14-15,17H2,1-3H3. The third-order valence-electron chi connectivity index (χ3n) is 4.91. The first kappa shape index (κ1) is 18.3. The average molecular weight is 348 g/mol. The van der Waals surface area contributed by atoms with Gasteiger partial charge in [0.15, 0.2) is 0 Å². The van der Waals surface area contributed by atoms with Crippen LogP contribution in [0.1, 0.15) is 56.5 Å². The van der Waals surface area contributed by atoms with E-state index in [0.717, 1.165) is 49.6 Å². The third kappa shape index (κ3) is 4.01. The first-order valence-electron chi connectivity index (χ1n) is 9.51. The fraction of sp³-hybridized carbons (Fsp3) is 0.409. The van der Waals surface area contributed by atoms with Crippen LogP contribution in [0.2, 0.25) is 0 Å². The summed E-state index contributed by atoms with van der Waals surface area (Å²) in [6.45, 7) is 7.47. The van der Waals surface area contributed by atoms with E-state index in [1.165, 1.54) is 5.56 Å². The zero-order valence-corrected chi connectivity index (χ0v) is 16.0. The maximum absolute atomic E-state index is 4.60. The van der Waals surface area contributed by atoms with Crippen molar-refractivity contribution >= 4 is 0 Å². The van der Waals surface area contributed by atoms with Gasteiger partial charge in [0.1, 0.15) is 11.6 Å². The van der Waals surface area contributed by atoms with Crippen molar-refractivity contribution in [2.75, 3.05) is 0 Å². The fourth-order valence-electron chi connectivity index (χ4n) is 3.29. The zero-order chi connectivity index (χ0) is 18.4. The molecular weight excluding hydrogens is 320 g/mol. The molecule has 0 atom stereocenters. The number of pyridine rings is 1. The highest BCUT2D eigenvalue weighted by Gasteiger charge is 2.31. The second kappa shape index (κ2) is 8.26. The molecule has 0 radical (unpaired) electrons. The second-order valence-electron chi connectivity index (χ2n) is 7.27. The molecule has 4 nitrogen and oxygen atoms in total. The summed E-state index contributed by atoms with van der Waals surface area (Å²) < 4.78 is 2.32. The molecule has 1 aromatic carbocycles. The molecule has 0 spiro atoms. The summed E-state index contributed by atoms with van der Waals surface area (Å²) in [5.41, 5.74) is 2.08. The van der Waals surface area contributed by atoms with Crippen LogP contribution in [0.25, 0.3) is 0 Å². The first-order valence-corrected chi connectivity index (χ1v) is 9.51. The normalized spacial score (nSPS) is 11.7. The van der Waals surface area contributed by atoms with Crippen LogP contribution in [0, 0.1) is 0 Å². The van der Waals surface area contributed by atoms with E-state index in [-0.39, 0.29) is 5.41 Å². The molecule has 0 saturated heterocycles. The number of hydrogen-bond acceptors (Lipinski definition) is 3. The Morgan fingerprint density at radius 3 is 2.38 bits per heavy atom. The molecule has 0 bridgehead atoms. The first-order chi connectivity index (χ1) is 12.6. The number of nitrogens with zero attached hydrogens (tertiary/aromatic N) is 4. The van der Waals surface area contributed by atoms with Gasteiger partial charge in [-0.1, -0.05) is 49.7 Å². The number of rotatable bonds is 8. The number of aromatic nitrogens is 4. The number of benzene rings is 1. The van der Waals surface area contributed by atoms with Gasteiger partial charge in [-0.2, -0.15) is 0 Å². The molecule has 0 aliphatic heterocycles. The maximum Gasteiger partial charge on any atom is 0.144 e. The Kier molecular flexibility index (Phi) is 5.82. The smallest absolute Gasteiger partial charge is 0.144 e. The Balaban J connectivity index is 1.93. The van der Waals surface area contributed by atoms with Crippen LogP contribution in [0.15, 0.2) is 54.7 Å². The summed E-state index contributed by atoms with van der Waals surface area (Å²) in [6, 6.07) is 16.7. The molecular formula is C22H28N4. The van der Waals surface area contributed by atoms with Crippen molar-refractivity contribution in [1.82, 2.24) is 19.7 Å². The summed E-state index contributed by atoms with van der Waals surface area (Å²) in [4.78, 5) is 4.58. The highest BCUT2D eigenvalue weighted by molar-refractivity contribution is 5.25. The van der Waals surface area contributed by atoms with Gasteiger partial charge in [-0.05, 0) is 44.4 Å². The molecule has 26 heavy (non-hydrogen) atoms. The molecule has 0 fully saturated rings. The minimum atomic E-state index is -0.282. The molecule has 0 unspecified atom stereocenters. The van der Waals surface area contributed by atoms with Crippen LogP contribution in [-0.2, 0) is 24.8 Å². The van der Waals surface area contributed by atoms with Crippen LogP contribution in [-0.4, -0.2) is 19.7 Å². The van der Waals surface area contributed by atoms with E-state index in [2.05, 4.69) is 76.9 Å². The second-order valence-corrected chi connectivity index (χ2v) is 7.27. The van der Waals surface area contributed by atoms with Gasteiger partial charge in [0.25, 0.3) is 0 Å². The van der Waals surface area contributed by atoms with E-state index >= 15 is 0 Å². The van der Waals surface area contributed by atoms with Gasteiger partial charge < -0.3 is 4.57 Å². The lowest BCUT2D eigenvalue weighted by molar-refractivity contribution is 0.507. The van der Waals surface area contributed by atoms with Gasteiger partial charge in [0.2, 0.25) is 0 Å². The molecule has 2 heterocycles. The molecule has 0 saturated carbocycles. The molecule has 4 heteroatoms. The molecule has 0 aliphatic carbocycles. The van der Waals surface area contributed by atoms with Crippen LogP contribution in [0.3, 0.4) is 0 Å². The van der Waals surface area contributed by atoms with E-state index < -0.39 is 0 Å². The van der Waals surface area contributed by atoms with E-state index in [1.54, 1.807) is 0 Å². The van der Waals surface area contributed by atoms with Gasteiger partial charge in [0.05, 0.1) is 11.1 Å². The lowest BCUT2D eigenvalue weighted by Crippen LogP contribution is -2.26. The highest BCUT2D eigenvalue weighted by Crippen LogP contribution is 2.29. The van der Waals surface area contributed by atoms with Gasteiger partial charge in [-0.15, -0.1) is 10.2 Å². The Morgan fingerprint density at radius 2 is 1.69 bits per heavy atom. The van der Waals surface area contributed by atoms with E-state index in [0.29, 0.717) is 0 Å². The number of aryl methyl sites for hydroxylation is 2. The van der Waals surface area contributed by atoms with Gasteiger partial charge >= 0.3 is 0 Å². The van der Waals surface area contributed by atoms with Crippen molar-refractivity contribution in [3.8, 4) is 0 Å². The van der Waals surface area contributed by atoms with E-state index in [9.17, 15) is 0 Å². The topological polar surface area (TPSA) is 43.6 Å². The fourth-order valence-corrected chi connectivity index (χ4v) is 3.29. The summed E-state index contributed by atoms with van der Waals surface area (Å²) >= 11 is 0. The van der Waals surface area contributed by atoms with Crippen LogP contribution >= 0.6 is 0 Å². The summed E-state index contributed by atoms with van der Waals surface area (Å²) in [6.07, 6.45) is 6.08. The minimum absolute atomic E-state index is 0.282. The minimum Gasteiger partial charge on any atom is -0.314 e. The lowest BCUT2D eigenvalue weighted by Gasteiger charge is -2.24. The summed E-state index contributed by atoms with van der Waals surface area (Å²) in [7, 11) is 0. The van der Waals surface area contributed by atoms with Crippen LogP contribution in [0.5, 0.6) is 0 Å². The predicted molar refractivity (Wildman–Crippen MR) is 105 cm³/mol. The number of hydrogen-bond donors (Lipinski definition) is 0. The summed E-state index contributed by atoms with van der Waals surface area (Å²) in [5, 5.41) is 9.15. The molecule has 2 aromatic heterocycles. The van der Waals surface area contributed by atoms with Gasteiger partial charge in [0, 0.05) is 19.2 Å². The third-order valence-corrected chi connectivity index (χ3v) is 4.91. The van der Waals surface area contributed by atoms with Crippen LogP contribution < -0.4 is 0 Å². The van der Waals surface area contributed by atoms with Crippen molar-refractivity contribution in [1.29, 1.82) is 0 Å². The van der Waals surface area contributed by atoms with Crippen molar-refractivity contribution < 1.29 is 0 Å². The lowest BCUT2D eigenvalue weighted by atomic mass is 9.87. The predicted octanol–water partition coefficient (Wildman–Crippen LogP) is 4.58. The molecule has 3 rings (SSSR count). The van der Waals surface area contributed by atoms with Crippen LogP contribution in [0.4, 0.5) is 0 Å². The summed E-state index contributed by atoms with van der Waals surface area (Å²) in [5.74, 6) is 2.08. The van der Waals surface area contributed by atoms with E-state index in [1.807, 2.05) is 18.3 Å². The van der Waals surface area contributed by atoms with Gasteiger partial charge in [-0.3, -0.25) is 4.98 Å². The molecule has 0 N–H and O–H groups in total. The van der Waals surface area contributed by atoms with E-state index in [4.69, 9.17) is 0 Å². The molecule has 0 amide bonds. The monoisotopic (exact) mass is 348 g/mol. The average Bonchev–Trinajstić information content (AvgIpc) is 3.10. The Labute approximate surface area is 156 Å². The Bertz CT molecular complexity index is 807. The van der Waals surface area contributed by atoms with Crippen molar-refractivity contribution in [2.45, 2.75) is 58.4 Å². The Hall–Kier alpha value is -2.49. The number of unbranched alkanes of at least 4 members (excludes halogenated alkanes) is 1. The zero-order valence-electron chi connectivity index (χ0n) is 16.0. The van der Waals surface area contributed by atoms with Crippen molar-refractivity contribution in [2.24, 2.45) is 0 Å². The maximum atomic E-state index is 4.60. The molecule has 0 aliphatic rings. The Morgan fingerprint density at radius 1 is 0.923 bits per heavy atom. The van der Waals surface area contributed by atoms with Gasteiger partial charge in [-0.25, -0.2) is 0 Å². The highest BCUT2D eigenvalue weighted by atomic mass is 15.3. The molecule has 3 aromatic rings. The largest absolute Gasteiger partial charge is 0.314 e. The SMILES string of the molecule is CCCCc1nnc(C(C)(C)c2ccccn2)n1CCc1ccccc1.